The van der Waals surface area contributed by atoms with Gasteiger partial charge in [-0.25, -0.2) is 9.59 Å². The Hall–Kier alpha value is -2.68. The van der Waals surface area contributed by atoms with E-state index in [0.717, 1.165) is 16.2 Å². The molecule has 0 spiro atoms. The molecular formula is C21H25N3O5S. The molecule has 1 fully saturated rings. The lowest BCUT2D eigenvalue weighted by atomic mass is 10.0. The van der Waals surface area contributed by atoms with Gasteiger partial charge in [-0.3, -0.25) is 8.89 Å². The summed E-state index contributed by atoms with van der Waals surface area (Å²) in [6.07, 6.45) is -0.369. The van der Waals surface area contributed by atoms with Gasteiger partial charge in [0.25, 0.3) is 0 Å². The Morgan fingerprint density at radius 3 is 2.60 bits per heavy atom. The van der Waals surface area contributed by atoms with Crippen molar-refractivity contribution in [2.45, 2.75) is 50.0 Å². The van der Waals surface area contributed by atoms with E-state index in [0.29, 0.717) is 18.7 Å². The number of carbonyl (C=O) groups is 2. The first-order valence-electron chi connectivity index (χ1n) is 9.93. The number of esters is 1. The molecule has 1 unspecified atom stereocenters. The highest BCUT2D eigenvalue weighted by atomic mass is 32.2. The van der Waals surface area contributed by atoms with Gasteiger partial charge < -0.3 is 14.4 Å². The molecule has 0 bridgehead atoms. The summed E-state index contributed by atoms with van der Waals surface area (Å²) in [7, 11) is -1.26. The average Bonchev–Trinajstić information content (AvgIpc) is 2.99. The molecule has 1 aromatic heterocycles. The van der Waals surface area contributed by atoms with Gasteiger partial charge in [0.05, 0.1) is 34.9 Å². The van der Waals surface area contributed by atoms with Crippen molar-refractivity contribution >= 4 is 22.9 Å². The summed E-state index contributed by atoms with van der Waals surface area (Å²) in [5, 5.41) is 4.56. The summed E-state index contributed by atoms with van der Waals surface area (Å²) in [6.45, 7) is 8.31. The van der Waals surface area contributed by atoms with Crippen LogP contribution in [0.5, 0.6) is 0 Å². The minimum atomic E-state index is -1.26. The topological polar surface area (TPSA) is 90.7 Å². The maximum atomic E-state index is 12.8. The molecule has 1 amide bonds. The molecule has 4 rings (SSSR count). The molecule has 30 heavy (non-hydrogen) atoms. The summed E-state index contributed by atoms with van der Waals surface area (Å²) >= 11 is 0. The summed E-state index contributed by atoms with van der Waals surface area (Å²) in [4.78, 5) is 27.2. The van der Waals surface area contributed by atoms with Crippen LogP contribution in [0.25, 0.3) is 11.3 Å². The van der Waals surface area contributed by atoms with Crippen molar-refractivity contribution in [2.75, 3.05) is 19.7 Å². The zero-order chi connectivity index (χ0) is 21.6. The van der Waals surface area contributed by atoms with Crippen LogP contribution in [0.4, 0.5) is 4.79 Å². The largest absolute Gasteiger partial charge is 0.461 e. The van der Waals surface area contributed by atoms with Crippen molar-refractivity contribution in [3.8, 4) is 11.3 Å². The fraction of sp³-hybridized carbons (Fsp3) is 0.476. The number of likely N-dealkylation sites (tertiary alicyclic amines) is 1. The third-order valence-electron chi connectivity index (χ3n) is 5.00. The number of hydrogen-bond donors (Lipinski definition) is 0. The number of benzene rings is 1. The van der Waals surface area contributed by atoms with Crippen molar-refractivity contribution in [1.29, 1.82) is 0 Å². The van der Waals surface area contributed by atoms with Gasteiger partial charge in [0.2, 0.25) is 0 Å². The number of nitrogens with zero attached hydrogens (tertiary/aromatic N) is 3. The number of hydrogen-bond acceptors (Lipinski definition) is 6. The summed E-state index contributed by atoms with van der Waals surface area (Å²) in [5.41, 5.74) is 1.86. The molecule has 0 saturated carbocycles. The fourth-order valence-electron chi connectivity index (χ4n) is 3.67. The number of aromatic nitrogens is 2. The Balaban J connectivity index is 1.69. The Bertz CT molecular complexity index is 1030. The van der Waals surface area contributed by atoms with Gasteiger partial charge >= 0.3 is 12.1 Å². The molecule has 9 heteroatoms. The molecule has 0 aliphatic carbocycles. The molecule has 0 N–H and O–H groups in total. The van der Waals surface area contributed by atoms with E-state index in [1.54, 1.807) is 16.5 Å². The minimum Gasteiger partial charge on any atom is -0.461 e. The van der Waals surface area contributed by atoms with E-state index in [4.69, 9.17) is 9.47 Å². The number of fused-ring (bicyclic) bond motifs is 3. The number of amides is 1. The second kappa shape index (κ2) is 7.54. The summed E-state index contributed by atoms with van der Waals surface area (Å²) < 4.78 is 25.2. The van der Waals surface area contributed by atoms with Gasteiger partial charge in [-0.05, 0) is 33.8 Å². The molecule has 0 radical (unpaired) electrons. The number of rotatable bonds is 3. The zero-order valence-electron chi connectivity index (χ0n) is 17.5. The molecule has 2 aliphatic heterocycles. The van der Waals surface area contributed by atoms with Crippen LogP contribution in [0.3, 0.4) is 0 Å². The lowest BCUT2D eigenvalue weighted by Gasteiger charge is -2.40. The molecule has 2 aromatic rings. The monoisotopic (exact) mass is 431 g/mol. The van der Waals surface area contributed by atoms with Crippen LogP contribution >= 0.6 is 0 Å². The van der Waals surface area contributed by atoms with E-state index in [2.05, 4.69) is 5.10 Å². The molecule has 3 heterocycles. The normalized spacial score (nSPS) is 18.3. The minimum absolute atomic E-state index is 0.103. The Labute approximate surface area is 177 Å². The molecular weight excluding hydrogens is 406 g/mol. The van der Waals surface area contributed by atoms with Crippen LogP contribution in [0.15, 0.2) is 29.2 Å². The first kappa shape index (κ1) is 20.6. The first-order chi connectivity index (χ1) is 14.2. The lowest BCUT2D eigenvalue weighted by Crippen LogP contribution is -2.52. The Kier molecular flexibility index (Phi) is 5.17. The van der Waals surface area contributed by atoms with E-state index in [-0.39, 0.29) is 30.2 Å². The number of carbonyl (C=O) groups excluding carboxylic acids is 2. The second-order valence-corrected chi connectivity index (χ2v) is 9.79. The van der Waals surface area contributed by atoms with E-state index in [1.165, 1.54) is 0 Å². The lowest BCUT2D eigenvalue weighted by molar-refractivity contribution is -0.000359. The van der Waals surface area contributed by atoms with E-state index < -0.39 is 22.4 Å². The van der Waals surface area contributed by atoms with Gasteiger partial charge in [-0.15, -0.1) is 0 Å². The van der Waals surface area contributed by atoms with Crippen molar-refractivity contribution in [2.24, 2.45) is 0 Å². The highest BCUT2D eigenvalue weighted by Gasteiger charge is 2.40. The molecule has 1 atom stereocenters. The molecule has 2 aliphatic rings. The SMILES string of the molecule is CCOC(=O)c1nn(C2CN(C(=O)OC(C)(C)C)C2)c2c1CS(=O)c1ccccc1-2. The van der Waals surface area contributed by atoms with E-state index >= 15 is 0 Å². The van der Waals surface area contributed by atoms with Crippen molar-refractivity contribution < 1.29 is 23.3 Å². The third kappa shape index (κ3) is 3.62. The fourth-order valence-corrected chi connectivity index (χ4v) is 5.01. The first-order valence-corrected chi connectivity index (χ1v) is 11.3. The van der Waals surface area contributed by atoms with E-state index in [1.807, 2.05) is 45.0 Å². The van der Waals surface area contributed by atoms with Crippen molar-refractivity contribution in [1.82, 2.24) is 14.7 Å². The second-order valence-electron chi connectivity index (χ2n) is 8.37. The Morgan fingerprint density at radius 1 is 1.23 bits per heavy atom. The van der Waals surface area contributed by atoms with Gasteiger partial charge in [0, 0.05) is 29.1 Å². The summed E-state index contributed by atoms with van der Waals surface area (Å²) in [6, 6.07) is 7.35. The van der Waals surface area contributed by atoms with Crippen LogP contribution in [-0.4, -0.2) is 56.2 Å². The van der Waals surface area contributed by atoms with Crippen LogP contribution in [0.2, 0.25) is 0 Å². The predicted molar refractivity (Wildman–Crippen MR) is 111 cm³/mol. The predicted octanol–water partition coefficient (Wildman–Crippen LogP) is 3.14. The van der Waals surface area contributed by atoms with Gasteiger partial charge in [0.1, 0.15) is 5.60 Å². The van der Waals surface area contributed by atoms with Crippen LogP contribution in [-0.2, 0) is 26.0 Å². The van der Waals surface area contributed by atoms with Gasteiger partial charge in [0.15, 0.2) is 5.69 Å². The van der Waals surface area contributed by atoms with Crippen molar-refractivity contribution in [3.05, 3.63) is 35.5 Å². The van der Waals surface area contributed by atoms with Gasteiger partial charge in [-0.1, -0.05) is 18.2 Å². The van der Waals surface area contributed by atoms with Crippen LogP contribution in [0, 0.1) is 0 Å². The highest BCUT2D eigenvalue weighted by molar-refractivity contribution is 7.84. The molecule has 1 aromatic carbocycles. The zero-order valence-corrected chi connectivity index (χ0v) is 18.3. The van der Waals surface area contributed by atoms with Crippen LogP contribution < -0.4 is 0 Å². The number of ether oxygens (including phenoxy) is 2. The average molecular weight is 432 g/mol. The maximum absolute atomic E-state index is 12.8. The molecule has 8 nitrogen and oxygen atoms in total. The Morgan fingerprint density at radius 2 is 1.93 bits per heavy atom. The molecule has 160 valence electrons. The summed E-state index contributed by atoms with van der Waals surface area (Å²) in [5.74, 6) is -0.310. The van der Waals surface area contributed by atoms with Crippen molar-refractivity contribution in [3.63, 3.8) is 0 Å². The maximum Gasteiger partial charge on any atom is 0.410 e. The molecule has 1 saturated heterocycles. The highest BCUT2D eigenvalue weighted by Crippen LogP contribution is 2.40. The third-order valence-corrected chi connectivity index (χ3v) is 6.40. The smallest absolute Gasteiger partial charge is 0.410 e. The van der Waals surface area contributed by atoms with Gasteiger partial charge in [-0.2, -0.15) is 5.10 Å². The standard InChI is InChI=1S/C21H25N3O5S/c1-5-28-19(25)17-15-12-30(27)16-9-7-6-8-14(16)18(15)24(22-17)13-10-23(11-13)20(26)29-21(2,3)4/h6-9,13H,5,10-12H2,1-4H3. The quantitative estimate of drug-likeness (QED) is 0.694. The van der Waals surface area contributed by atoms with Crippen LogP contribution in [0.1, 0.15) is 49.8 Å². The van der Waals surface area contributed by atoms with E-state index in [9.17, 15) is 13.8 Å².